The van der Waals surface area contributed by atoms with Crippen molar-refractivity contribution >= 4 is 5.69 Å². The third-order valence-corrected chi connectivity index (χ3v) is 3.99. The molecule has 100 valence electrons. The molecule has 2 unspecified atom stereocenters. The van der Waals surface area contributed by atoms with Gasteiger partial charge >= 0.3 is 0 Å². The summed E-state index contributed by atoms with van der Waals surface area (Å²) in [6.45, 7) is 6.71. The lowest BCUT2D eigenvalue weighted by Gasteiger charge is -2.40. The van der Waals surface area contributed by atoms with Gasteiger partial charge in [-0.15, -0.1) is 0 Å². The second-order valence-corrected chi connectivity index (χ2v) is 6.24. The molecule has 0 heterocycles. The molecule has 1 N–H and O–H groups in total. The molecule has 1 aromatic carbocycles. The van der Waals surface area contributed by atoms with Crippen LogP contribution in [0.15, 0.2) is 18.2 Å². The average Bonchev–Trinajstić information content (AvgIpc) is 2.27. The summed E-state index contributed by atoms with van der Waals surface area (Å²) < 4.78 is 26.7. The molecule has 0 aromatic heterocycles. The van der Waals surface area contributed by atoms with Crippen molar-refractivity contribution in [3.05, 3.63) is 29.8 Å². The number of hydrogen-bond acceptors (Lipinski definition) is 1. The zero-order chi connectivity index (χ0) is 13.3. The van der Waals surface area contributed by atoms with Crippen molar-refractivity contribution in [3.63, 3.8) is 0 Å². The number of nitrogens with one attached hydrogen (secondary N) is 1. The predicted molar refractivity (Wildman–Crippen MR) is 70.6 cm³/mol. The third-order valence-electron chi connectivity index (χ3n) is 3.99. The Bertz CT molecular complexity index is 429. The van der Waals surface area contributed by atoms with E-state index < -0.39 is 11.6 Å². The van der Waals surface area contributed by atoms with Crippen molar-refractivity contribution in [2.75, 3.05) is 5.32 Å². The molecule has 1 aromatic rings. The maximum Gasteiger partial charge on any atom is 0.181 e. The molecule has 0 radical (unpaired) electrons. The van der Waals surface area contributed by atoms with Gasteiger partial charge in [0.05, 0.1) is 5.69 Å². The zero-order valence-electron chi connectivity index (χ0n) is 11.3. The van der Waals surface area contributed by atoms with Crippen LogP contribution in [0.2, 0.25) is 0 Å². The minimum atomic E-state index is -0.788. The first-order valence-electron chi connectivity index (χ1n) is 6.59. The first-order valence-corrected chi connectivity index (χ1v) is 6.59. The normalized spacial score (nSPS) is 26.9. The SMILES string of the molecule is CC1CC(C)(C)CCC1Nc1cccc(F)c1F. The van der Waals surface area contributed by atoms with E-state index in [9.17, 15) is 8.78 Å². The molecule has 0 bridgehead atoms. The van der Waals surface area contributed by atoms with Crippen molar-refractivity contribution < 1.29 is 8.78 Å². The summed E-state index contributed by atoms with van der Waals surface area (Å²) in [6, 6.07) is 4.52. The molecule has 18 heavy (non-hydrogen) atoms. The molecule has 1 fully saturated rings. The highest BCUT2D eigenvalue weighted by atomic mass is 19.2. The molecular weight excluding hydrogens is 232 g/mol. The van der Waals surface area contributed by atoms with Crippen LogP contribution >= 0.6 is 0 Å². The Morgan fingerprint density at radius 2 is 2.00 bits per heavy atom. The maximum atomic E-state index is 13.6. The third kappa shape index (κ3) is 2.82. The fourth-order valence-corrected chi connectivity index (χ4v) is 2.98. The Labute approximate surface area is 108 Å². The average molecular weight is 253 g/mol. The molecule has 0 spiro atoms. The summed E-state index contributed by atoms with van der Waals surface area (Å²) in [5, 5.41) is 3.16. The summed E-state index contributed by atoms with van der Waals surface area (Å²) in [5.74, 6) is -1.09. The van der Waals surface area contributed by atoms with Crippen LogP contribution in [0.5, 0.6) is 0 Å². The molecule has 2 atom stereocenters. The Balaban J connectivity index is 2.08. The molecular formula is C15H21F2N. The number of anilines is 1. The van der Waals surface area contributed by atoms with E-state index in [0.29, 0.717) is 11.3 Å². The Morgan fingerprint density at radius 3 is 2.67 bits per heavy atom. The Morgan fingerprint density at radius 1 is 1.28 bits per heavy atom. The van der Waals surface area contributed by atoms with Crippen molar-refractivity contribution in [3.8, 4) is 0 Å². The summed E-state index contributed by atoms with van der Waals surface area (Å²) in [6.07, 6.45) is 3.23. The lowest BCUT2D eigenvalue weighted by Crippen LogP contribution is -2.37. The van der Waals surface area contributed by atoms with E-state index in [1.54, 1.807) is 6.07 Å². The first kappa shape index (κ1) is 13.3. The van der Waals surface area contributed by atoms with Crippen LogP contribution in [0.4, 0.5) is 14.5 Å². The summed E-state index contributed by atoms with van der Waals surface area (Å²) in [4.78, 5) is 0. The second-order valence-electron chi connectivity index (χ2n) is 6.24. The molecule has 2 rings (SSSR count). The largest absolute Gasteiger partial charge is 0.380 e. The van der Waals surface area contributed by atoms with Gasteiger partial charge in [0.15, 0.2) is 11.6 Å². The molecule has 1 aliphatic rings. The lowest BCUT2D eigenvalue weighted by atomic mass is 9.70. The first-order chi connectivity index (χ1) is 8.39. The number of rotatable bonds is 2. The van der Waals surface area contributed by atoms with Crippen molar-refractivity contribution in [2.45, 2.75) is 46.1 Å². The highest BCUT2D eigenvalue weighted by Crippen LogP contribution is 2.39. The van der Waals surface area contributed by atoms with Gasteiger partial charge in [-0.1, -0.05) is 26.8 Å². The fourth-order valence-electron chi connectivity index (χ4n) is 2.98. The van der Waals surface area contributed by atoms with Gasteiger partial charge in [-0.2, -0.15) is 0 Å². The van der Waals surface area contributed by atoms with Gasteiger partial charge < -0.3 is 5.32 Å². The summed E-state index contributed by atoms with van der Waals surface area (Å²) >= 11 is 0. The van der Waals surface area contributed by atoms with Crippen LogP contribution in [0.3, 0.4) is 0 Å². The highest BCUT2D eigenvalue weighted by molar-refractivity contribution is 5.46. The van der Waals surface area contributed by atoms with Gasteiger partial charge in [0.25, 0.3) is 0 Å². The number of halogens is 2. The van der Waals surface area contributed by atoms with Gasteiger partial charge in [-0.05, 0) is 42.7 Å². The van der Waals surface area contributed by atoms with E-state index in [4.69, 9.17) is 0 Å². The van der Waals surface area contributed by atoms with E-state index >= 15 is 0 Å². The minimum Gasteiger partial charge on any atom is -0.380 e. The predicted octanol–water partition coefficient (Wildman–Crippen LogP) is 4.59. The molecule has 1 aliphatic carbocycles. The number of hydrogen-bond donors (Lipinski definition) is 1. The summed E-state index contributed by atoms with van der Waals surface area (Å²) in [7, 11) is 0. The number of benzene rings is 1. The van der Waals surface area contributed by atoms with Gasteiger partial charge in [-0.3, -0.25) is 0 Å². The molecule has 3 heteroatoms. The van der Waals surface area contributed by atoms with Gasteiger partial charge in [0, 0.05) is 6.04 Å². The standard InChI is InChI=1S/C15H21F2N/c1-10-9-15(2,3)8-7-12(10)18-13-6-4-5-11(16)14(13)17/h4-6,10,12,18H,7-9H2,1-3H3. The highest BCUT2D eigenvalue weighted by Gasteiger charge is 2.32. The van der Waals surface area contributed by atoms with Crippen LogP contribution in [0.25, 0.3) is 0 Å². The van der Waals surface area contributed by atoms with Crippen LogP contribution < -0.4 is 5.32 Å². The van der Waals surface area contributed by atoms with Gasteiger partial charge in [0.1, 0.15) is 0 Å². The monoisotopic (exact) mass is 253 g/mol. The van der Waals surface area contributed by atoms with Crippen molar-refractivity contribution in [1.29, 1.82) is 0 Å². The molecule has 0 amide bonds. The van der Waals surface area contributed by atoms with Crippen LogP contribution in [0.1, 0.15) is 40.0 Å². The topological polar surface area (TPSA) is 12.0 Å². The second kappa shape index (κ2) is 4.87. The van der Waals surface area contributed by atoms with Crippen LogP contribution in [0, 0.1) is 23.0 Å². The van der Waals surface area contributed by atoms with Crippen LogP contribution in [-0.2, 0) is 0 Å². The Hall–Kier alpha value is -1.12. The quantitative estimate of drug-likeness (QED) is 0.812. The fraction of sp³-hybridized carbons (Fsp3) is 0.600. The minimum absolute atomic E-state index is 0.231. The van der Waals surface area contributed by atoms with E-state index in [0.717, 1.165) is 25.3 Å². The zero-order valence-corrected chi connectivity index (χ0v) is 11.3. The van der Waals surface area contributed by atoms with Crippen LogP contribution in [-0.4, -0.2) is 6.04 Å². The van der Waals surface area contributed by atoms with E-state index in [-0.39, 0.29) is 11.7 Å². The van der Waals surface area contributed by atoms with E-state index in [1.807, 2.05) is 0 Å². The molecule has 0 aliphatic heterocycles. The van der Waals surface area contributed by atoms with Gasteiger partial charge in [0.2, 0.25) is 0 Å². The maximum absolute atomic E-state index is 13.6. The van der Waals surface area contributed by atoms with E-state index in [2.05, 4.69) is 26.1 Å². The van der Waals surface area contributed by atoms with E-state index in [1.165, 1.54) is 6.07 Å². The van der Waals surface area contributed by atoms with Crippen molar-refractivity contribution in [1.82, 2.24) is 0 Å². The Kier molecular flexibility index (Phi) is 3.60. The molecule has 1 nitrogen and oxygen atoms in total. The molecule has 1 saturated carbocycles. The summed E-state index contributed by atoms with van der Waals surface area (Å²) in [5.41, 5.74) is 0.643. The molecule has 0 saturated heterocycles. The van der Waals surface area contributed by atoms with Crippen molar-refractivity contribution in [2.24, 2.45) is 11.3 Å². The lowest BCUT2D eigenvalue weighted by molar-refractivity contribution is 0.177. The van der Waals surface area contributed by atoms with Gasteiger partial charge in [-0.25, -0.2) is 8.78 Å². The smallest absolute Gasteiger partial charge is 0.181 e.